The number of aliphatic hydroxyl groups excluding tert-OH is 2. The summed E-state index contributed by atoms with van der Waals surface area (Å²) in [6.45, 7) is 13.5. The quantitative estimate of drug-likeness (QED) is 0.111. The molecule has 2 fully saturated rings. The zero-order valence-electron chi connectivity index (χ0n) is 38.1. The number of hydrogen-bond acceptors (Lipinski definition) is 17. The Morgan fingerprint density at radius 3 is 2.29 bits per heavy atom. The molecule has 0 aromatic rings. The maximum atomic E-state index is 13.5. The van der Waals surface area contributed by atoms with Gasteiger partial charge in [-0.1, -0.05) is 39.0 Å². The molecule has 0 spiro atoms. The van der Waals surface area contributed by atoms with E-state index in [0.717, 1.165) is 0 Å². The molecule has 17 heteroatoms. The molecule has 0 amide bonds. The van der Waals surface area contributed by atoms with Gasteiger partial charge < -0.3 is 62.9 Å². The molecule has 0 radical (unpaired) electrons. The van der Waals surface area contributed by atoms with Crippen molar-refractivity contribution < 1.29 is 72.4 Å². The molecule has 4 aliphatic heterocycles. The number of carbonyl (C=O) groups is 4. The molecule has 2 unspecified atom stereocenters. The van der Waals surface area contributed by atoms with E-state index in [2.05, 4.69) is 6.07 Å². The summed E-state index contributed by atoms with van der Waals surface area (Å²) in [4.78, 5) is 52.5. The number of likely N-dealkylation sites (N-methyl/N-ethyl adjacent to an activating group) is 1. The van der Waals surface area contributed by atoms with Crippen LogP contribution in [-0.4, -0.2) is 151 Å². The molecule has 5 aliphatic rings. The Morgan fingerprint density at radius 1 is 1.02 bits per heavy atom. The number of aliphatic hydroxyl groups is 3. The molecule has 0 aromatic heterocycles. The van der Waals surface area contributed by atoms with E-state index in [0.29, 0.717) is 18.3 Å². The molecular formula is C45H70N2O15. The fraction of sp³-hybridized carbons (Fsp3) is 0.800. The van der Waals surface area contributed by atoms with Crippen molar-refractivity contribution >= 4 is 24.2 Å². The Bertz CT molecular complexity index is 1630. The Balaban J connectivity index is 1.67. The van der Waals surface area contributed by atoms with Gasteiger partial charge in [0.05, 0.1) is 49.1 Å². The van der Waals surface area contributed by atoms with Crippen LogP contribution in [0, 0.1) is 40.9 Å². The molecule has 0 aromatic carbocycles. The monoisotopic (exact) mass is 878 g/mol. The van der Waals surface area contributed by atoms with Crippen molar-refractivity contribution in [2.45, 2.75) is 179 Å². The second-order valence-corrected chi connectivity index (χ2v) is 18.5. The summed E-state index contributed by atoms with van der Waals surface area (Å²) in [6.07, 6.45) is -6.13. The number of nitriles is 1. The van der Waals surface area contributed by atoms with Crippen molar-refractivity contribution in [3.05, 3.63) is 23.8 Å². The lowest BCUT2D eigenvalue weighted by molar-refractivity contribution is -0.344. The fourth-order valence-electron chi connectivity index (χ4n) is 9.44. The Kier molecular flexibility index (Phi) is 18.7. The van der Waals surface area contributed by atoms with Crippen LogP contribution in [0.2, 0.25) is 0 Å². The van der Waals surface area contributed by atoms with E-state index in [9.17, 15) is 39.8 Å². The molecule has 3 N–H and O–H groups in total. The van der Waals surface area contributed by atoms with Crippen molar-refractivity contribution in [2.75, 3.05) is 21.2 Å². The van der Waals surface area contributed by atoms with Crippen molar-refractivity contribution in [3.8, 4) is 6.07 Å². The third-order valence-electron chi connectivity index (χ3n) is 12.3. The average molecular weight is 879 g/mol. The largest absolute Gasteiger partial charge is 0.463 e. The van der Waals surface area contributed by atoms with Crippen LogP contribution < -0.4 is 0 Å². The number of nitrogens with zero attached hydrogens (tertiary/aromatic N) is 2. The highest BCUT2D eigenvalue weighted by molar-refractivity contribution is 5.72. The standard InChI is InChI=1S/C45H70N2O15/c1-23(2)16-34(50)60-43-27(6)57-36(21-45(43,8)54)61-41-26(5)58-44(39(53)37(41)47(9)10)62-40-24(3)17-30(14-15-48)38(52)32-13-12-29(19-31(32)22-46)18-25(4)56-35(51)20-33(42(40)55-11)59-28(7)49/h12-13,15,19,23-27,29-30,32-33,36-44,52-54H,14,16-18,20-21H2,1-11H3/t24-,25+,26+,27-,29?,30+,32?,33-,36-,37+,38+,39+,40-,41+,42-,43-,44-,45+/m0/s1. The predicted octanol–water partition coefficient (Wildman–Crippen LogP) is 3.15. The zero-order chi connectivity index (χ0) is 46.2. The van der Waals surface area contributed by atoms with Gasteiger partial charge in [0, 0.05) is 44.8 Å². The molecule has 18 atom stereocenters. The normalized spacial score (nSPS) is 40.9. The summed E-state index contributed by atoms with van der Waals surface area (Å²) in [7, 11) is 4.86. The van der Waals surface area contributed by atoms with Crippen LogP contribution in [0.15, 0.2) is 23.8 Å². The topological polar surface area (TPSA) is 230 Å². The Hall–Kier alpha value is -3.31. The first kappa shape index (κ1) is 51.3. The second kappa shape index (κ2) is 22.5. The molecule has 5 rings (SSSR count). The first-order chi connectivity index (χ1) is 29.1. The molecule has 62 heavy (non-hydrogen) atoms. The van der Waals surface area contributed by atoms with E-state index >= 15 is 0 Å². The number of aldehydes is 1. The van der Waals surface area contributed by atoms with Gasteiger partial charge in [0.2, 0.25) is 0 Å². The van der Waals surface area contributed by atoms with Gasteiger partial charge in [0.15, 0.2) is 18.7 Å². The number of fused-ring (bicyclic) bond motifs is 11. The van der Waals surface area contributed by atoms with Gasteiger partial charge in [0.1, 0.15) is 36.3 Å². The van der Waals surface area contributed by atoms with Gasteiger partial charge in [-0.3, -0.25) is 14.4 Å². The highest BCUT2D eigenvalue weighted by atomic mass is 16.7. The summed E-state index contributed by atoms with van der Waals surface area (Å²) >= 11 is 0. The summed E-state index contributed by atoms with van der Waals surface area (Å²) < 4.78 is 48.9. The van der Waals surface area contributed by atoms with Crippen molar-refractivity contribution in [1.29, 1.82) is 5.26 Å². The van der Waals surface area contributed by atoms with Gasteiger partial charge in [-0.2, -0.15) is 5.26 Å². The minimum atomic E-state index is -1.51. The summed E-state index contributed by atoms with van der Waals surface area (Å²) in [5.41, 5.74) is -1.18. The third kappa shape index (κ3) is 13.1. The minimum Gasteiger partial charge on any atom is -0.463 e. The molecule has 1 aliphatic carbocycles. The van der Waals surface area contributed by atoms with Crippen LogP contribution in [-0.2, 0) is 57.1 Å². The number of carbonyl (C=O) groups excluding carboxylic acids is 4. The van der Waals surface area contributed by atoms with E-state index in [4.69, 9.17) is 37.9 Å². The number of rotatable bonds is 12. The van der Waals surface area contributed by atoms with Crippen molar-refractivity contribution in [1.82, 2.24) is 4.90 Å². The second-order valence-electron chi connectivity index (χ2n) is 18.5. The maximum absolute atomic E-state index is 13.5. The first-order valence-corrected chi connectivity index (χ1v) is 21.8. The van der Waals surface area contributed by atoms with Crippen LogP contribution in [0.5, 0.6) is 0 Å². The van der Waals surface area contributed by atoms with Gasteiger partial charge in [0.25, 0.3) is 0 Å². The summed E-state index contributed by atoms with van der Waals surface area (Å²) in [5, 5.41) is 45.6. The Morgan fingerprint density at radius 2 is 1.71 bits per heavy atom. The Labute approximate surface area is 365 Å². The number of methoxy groups -OCH3 is 1. The number of allylic oxidation sites excluding steroid dienone is 2. The SMILES string of the molecule is CO[C@@H]1[C@@H](O[C@@H]2O[C@H](C)[C@@H](O[C@H]3C[C@@](C)(O)[C@@H](OC(=O)CC(C)C)[C@H](C)O3)[C@H](N(C)C)[C@H]2O)[C@@H](C)C[C@@H](CC=O)[C@@H](O)C2C=CC(C=C2C#N)C[C@@H](C)OC(=O)C[C@@H]1OC(C)=O. The lowest BCUT2D eigenvalue weighted by Gasteiger charge is -2.50. The van der Waals surface area contributed by atoms with Crippen molar-refractivity contribution in [3.63, 3.8) is 0 Å². The number of esters is 3. The van der Waals surface area contributed by atoms with E-state index in [1.165, 1.54) is 14.0 Å². The molecule has 2 bridgehead atoms. The van der Waals surface area contributed by atoms with Crippen LogP contribution in [0.3, 0.4) is 0 Å². The van der Waals surface area contributed by atoms with E-state index in [1.807, 2.05) is 19.9 Å². The van der Waals surface area contributed by atoms with Gasteiger partial charge in [-0.15, -0.1) is 0 Å². The van der Waals surface area contributed by atoms with Gasteiger partial charge in [-0.05, 0) is 78.3 Å². The molecular weight excluding hydrogens is 808 g/mol. The van der Waals surface area contributed by atoms with Crippen molar-refractivity contribution in [2.24, 2.45) is 29.6 Å². The lowest BCUT2D eigenvalue weighted by atomic mass is 9.75. The third-order valence-corrected chi connectivity index (χ3v) is 12.3. The van der Waals surface area contributed by atoms with Crippen LogP contribution in [0.1, 0.15) is 93.9 Å². The zero-order valence-corrected chi connectivity index (χ0v) is 38.1. The fourth-order valence-corrected chi connectivity index (χ4v) is 9.44. The predicted molar refractivity (Wildman–Crippen MR) is 221 cm³/mol. The molecule has 350 valence electrons. The smallest absolute Gasteiger partial charge is 0.309 e. The average Bonchev–Trinajstić information content (AvgIpc) is 3.16. The van der Waals surface area contributed by atoms with E-state index in [1.54, 1.807) is 65.8 Å². The minimum absolute atomic E-state index is 0.0547. The van der Waals surface area contributed by atoms with Crippen LogP contribution >= 0.6 is 0 Å². The summed E-state index contributed by atoms with van der Waals surface area (Å²) in [5.74, 6) is -4.03. The van der Waals surface area contributed by atoms with Gasteiger partial charge in [-0.25, -0.2) is 0 Å². The highest BCUT2D eigenvalue weighted by Crippen LogP contribution is 2.39. The molecule has 17 nitrogen and oxygen atoms in total. The first-order valence-electron chi connectivity index (χ1n) is 21.8. The molecule has 2 saturated heterocycles. The maximum Gasteiger partial charge on any atom is 0.309 e. The van der Waals surface area contributed by atoms with Crippen LogP contribution in [0.4, 0.5) is 0 Å². The lowest BCUT2D eigenvalue weighted by Crippen LogP contribution is -2.66. The summed E-state index contributed by atoms with van der Waals surface area (Å²) in [6, 6.07) is 1.41. The van der Waals surface area contributed by atoms with Gasteiger partial charge >= 0.3 is 17.9 Å². The number of ether oxygens (including phenoxy) is 8. The molecule has 0 saturated carbocycles. The van der Waals surface area contributed by atoms with E-state index in [-0.39, 0.29) is 37.5 Å². The highest BCUT2D eigenvalue weighted by Gasteiger charge is 2.53. The number of hydrogen-bond donors (Lipinski definition) is 3. The van der Waals surface area contributed by atoms with Crippen LogP contribution in [0.25, 0.3) is 0 Å². The molecule has 4 heterocycles. The van der Waals surface area contributed by atoms with E-state index < -0.39 is 127 Å².